The standard InChI is InChI=1S/C14H13NO/c1-10-6-8-12(9-7-10)14-5-3-4-13(15-14)11(2)16/h3-9H,1-2H3. The molecule has 2 nitrogen and oxygen atoms in total. The first-order valence-electron chi connectivity index (χ1n) is 5.22. The highest BCUT2D eigenvalue weighted by molar-refractivity contribution is 5.92. The van der Waals surface area contributed by atoms with Gasteiger partial charge < -0.3 is 0 Å². The van der Waals surface area contributed by atoms with Crippen molar-refractivity contribution < 1.29 is 4.79 Å². The molecule has 0 bridgehead atoms. The van der Waals surface area contributed by atoms with E-state index in [1.165, 1.54) is 12.5 Å². The van der Waals surface area contributed by atoms with Crippen LogP contribution in [0.1, 0.15) is 23.0 Å². The smallest absolute Gasteiger partial charge is 0.178 e. The van der Waals surface area contributed by atoms with Gasteiger partial charge in [0.25, 0.3) is 0 Å². The molecule has 0 atom stereocenters. The Balaban J connectivity index is 2.44. The highest BCUT2D eigenvalue weighted by Gasteiger charge is 2.03. The molecule has 1 aromatic carbocycles. The summed E-state index contributed by atoms with van der Waals surface area (Å²) >= 11 is 0. The van der Waals surface area contributed by atoms with Gasteiger partial charge in [-0.05, 0) is 19.1 Å². The molecule has 2 heteroatoms. The van der Waals surface area contributed by atoms with Crippen molar-refractivity contribution >= 4 is 5.78 Å². The van der Waals surface area contributed by atoms with Crippen molar-refractivity contribution in [2.24, 2.45) is 0 Å². The number of pyridine rings is 1. The number of Topliss-reactive ketones (excluding diaryl/α,β-unsaturated/α-hetero) is 1. The summed E-state index contributed by atoms with van der Waals surface area (Å²) in [5.41, 5.74) is 3.60. The molecule has 2 rings (SSSR count). The second-order valence-electron chi connectivity index (χ2n) is 3.83. The lowest BCUT2D eigenvalue weighted by Crippen LogP contribution is -1.97. The summed E-state index contributed by atoms with van der Waals surface area (Å²) in [4.78, 5) is 15.5. The molecule has 0 fully saturated rings. The van der Waals surface area contributed by atoms with Crippen molar-refractivity contribution in [3.8, 4) is 11.3 Å². The number of hydrogen-bond acceptors (Lipinski definition) is 2. The van der Waals surface area contributed by atoms with Gasteiger partial charge in [-0.15, -0.1) is 0 Å². The zero-order valence-corrected chi connectivity index (χ0v) is 9.40. The second-order valence-corrected chi connectivity index (χ2v) is 3.83. The average Bonchev–Trinajstić information content (AvgIpc) is 2.30. The Kier molecular flexibility index (Phi) is 2.82. The molecule has 0 radical (unpaired) electrons. The van der Waals surface area contributed by atoms with Crippen molar-refractivity contribution in [2.75, 3.05) is 0 Å². The van der Waals surface area contributed by atoms with E-state index >= 15 is 0 Å². The van der Waals surface area contributed by atoms with Crippen LogP contribution in [0.3, 0.4) is 0 Å². The van der Waals surface area contributed by atoms with Gasteiger partial charge in [-0.3, -0.25) is 4.79 Å². The summed E-state index contributed by atoms with van der Waals surface area (Å²) in [7, 11) is 0. The van der Waals surface area contributed by atoms with Crippen molar-refractivity contribution in [1.29, 1.82) is 0 Å². The lowest BCUT2D eigenvalue weighted by atomic mass is 10.1. The maximum Gasteiger partial charge on any atom is 0.178 e. The summed E-state index contributed by atoms with van der Waals surface area (Å²) < 4.78 is 0. The molecule has 0 aliphatic rings. The number of aromatic nitrogens is 1. The van der Waals surface area contributed by atoms with Gasteiger partial charge in [-0.25, -0.2) is 4.98 Å². The van der Waals surface area contributed by atoms with Crippen LogP contribution in [-0.2, 0) is 0 Å². The molecule has 0 spiro atoms. The van der Waals surface area contributed by atoms with Crippen molar-refractivity contribution in [1.82, 2.24) is 4.98 Å². The molecule has 0 aliphatic carbocycles. The van der Waals surface area contributed by atoms with E-state index in [-0.39, 0.29) is 5.78 Å². The van der Waals surface area contributed by atoms with Crippen LogP contribution >= 0.6 is 0 Å². The molecular weight excluding hydrogens is 198 g/mol. The van der Waals surface area contributed by atoms with E-state index in [1.807, 2.05) is 43.3 Å². The van der Waals surface area contributed by atoms with Crippen LogP contribution in [0, 0.1) is 6.92 Å². The molecule has 2 aromatic rings. The molecular formula is C14H13NO. The fourth-order valence-corrected chi connectivity index (χ4v) is 1.52. The van der Waals surface area contributed by atoms with Gasteiger partial charge in [0.15, 0.2) is 5.78 Å². The zero-order valence-electron chi connectivity index (χ0n) is 9.40. The monoisotopic (exact) mass is 211 g/mol. The molecule has 1 aromatic heterocycles. The van der Waals surface area contributed by atoms with Crippen LogP contribution in [-0.4, -0.2) is 10.8 Å². The SMILES string of the molecule is CC(=O)c1cccc(-c2ccc(C)cc2)n1. The molecule has 0 N–H and O–H groups in total. The minimum Gasteiger partial charge on any atom is -0.293 e. The number of carbonyl (C=O) groups excluding carboxylic acids is 1. The summed E-state index contributed by atoms with van der Waals surface area (Å²) in [6.45, 7) is 3.57. The largest absolute Gasteiger partial charge is 0.293 e. The number of ketones is 1. The average molecular weight is 211 g/mol. The van der Waals surface area contributed by atoms with Gasteiger partial charge in [-0.1, -0.05) is 35.9 Å². The van der Waals surface area contributed by atoms with Gasteiger partial charge in [0.1, 0.15) is 5.69 Å². The topological polar surface area (TPSA) is 30.0 Å². The third-order valence-corrected chi connectivity index (χ3v) is 2.46. The number of benzene rings is 1. The number of carbonyl (C=O) groups is 1. The van der Waals surface area contributed by atoms with Crippen LogP contribution in [0.2, 0.25) is 0 Å². The van der Waals surface area contributed by atoms with Crippen LogP contribution < -0.4 is 0 Å². The lowest BCUT2D eigenvalue weighted by Gasteiger charge is -2.02. The van der Waals surface area contributed by atoms with Crippen molar-refractivity contribution in [3.63, 3.8) is 0 Å². The van der Waals surface area contributed by atoms with Gasteiger partial charge in [0.05, 0.1) is 5.69 Å². The lowest BCUT2D eigenvalue weighted by molar-refractivity contribution is 0.101. The first-order valence-corrected chi connectivity index (χ1v) is 5.22. The quantitative estimate of drug-likeness (QED) is 0.714. The number of rotatable bonds is 2. The second kappa shape index (κ2) is 4.27. The summed E-state index contributed by atoms with van der Waals surface area (Å²) in [6, 6.07) is 13.6. The number of aryl methyl sites for hydroxylation is 1. The molecule has 0 aliphatic heterocycles. The highest BCUT2D eigenvalue weighted by Crippen LogP contribution is 2.17. The van der Waals surface area contributed by atoms with Crippen LogP contribution in [0.15, 0.2) is 42.5 Å². The summed E-state index contributed by atoms with van der Waals surface area (Å²) in [6.07, 6.45) is 0. The van der Waals surface area contributed by atoms with E-state index in [0.717, 1.165) is 11.3 Å². The Hall–Kier alpha value is -1.96. The predicted molar refractivity (Wildman–Crippen MR) is 64.4 cm³/mol. The van der Waals surface area contributed by atoms with E-state index in [0.29, 0.717) is 5.69 Å². The van der Waals surface area contributed by atoms with E-state index < -0.39 is 0 Å². The first kappa shape index (κ1) is 10.6. The van der Waals surface area contributed by atoms with Crippen LogP contribution in [0.4, 0.5) is 0 Å². The fourth-order valence-electron chi connectivity index (χ4n) is 1.52. The Morgan fingerprint density at radius 1 is 1.06 bits per heavy atom. The Morgan fingerprint density at radius 2 is 1.75 bits per heavy atom. The molecule has 80 valence electrons. The molecule has 16 heavy (non-hydrogen) atoms. The van der Waals surface area contributed by atoms with Crippen molar-refractivity contribution in [3.05, 3.63) is 53.7 Å². The molecule has 0 unspecified atom stereocenters. The van der Waals surface area contributed by atoms with E-state index in [9.17, 15) is 4.79 Å². The summed E-state index contributed by atoms with van der Waals surface area (Å²) in [5.74, 6) is -0.00559. The molecule has 0 saturated carbocycles. The van der Waals surface area contributed by atoms with Crippen molar-refractivity contribution in [2.45, 2.75) is 13.8 Å². The Labute approximate surface area is 95.0 Å². The van der Waals surface area contributed by atoms with Gasteiger partial charge in [0.2, 0.25) is 0 Å². The summed E-state index contributed by atoms with van der Waals surface area (Å²) in [5, 5.41) is 0. The molecule has 1 heterocycles. The highest BCUT2D eigenvalue weighted by atomic mass is 16.1. The third kappa shape index (κ3) is 2.16. The maximum absolute atomic E-state index is 11.2. The van der Waals surface area contributed by atoms with Gasteiger partial charge >= 0.3 is 0 Å². The first-order chi connectivity index (χ1) is 7.66. The Morgan fingerprint density at radius 3 is 2.38 bits per heavy atom. The van der Waals surface area contributed by atoms with Gasteiger partial charge in [0, 0.05) is 12.5 Å². The van der Waals surface area contributed by atoms with E-state index in [4.69, 9.17) is 0 Å². The predicted octanol–water partition coefficient (Wildman–Crippen LogP) is 3.26. The fraction of sp³-hybridized carbons (Fsp3) is 0.143. The Bertz CT molecular complexity index is 515. The maximum atomic E-state index is 11.2. The van der Waals surface area contributed by atoms with E-state index in [1.54, 1.807) is 6.07 Å². The van der Waals surface area contributed by atoms with Crippen LogP contribution in [0.25, 0.3) is 11.3 Å². The van der Waals surface area contributed by atoms with E-state index in [2.05, 4.69) is 4.98 Å². The minimum absolute atomic E-state index is 0.00559. The van der Waals surface area contributed by atoms with Gasteiger partial charge in [-0.2, -0.15) is 0 Å². The number of hydrogen-bond donors (Lipinski definition) is 0. The normalized spacial score (nSPS) is 10.1. The molecule has 0 saturated heterocycles. The number of nitrogens with zero attached hydrogens (tertiary/aromatic N) is 1. The zero-order chi connectivity index (χ0) is 11.5. The minimum atomic E-state index is -0.00559. The van der Waals surface area contributed by atoms with Crippen LogP contribution in [0.5, 0.6) is 0 Å². The third-order valence-electron chi connectivity index (χ3n) is 2.46. The molecule has 0 amide bonds.